The predicted octanol–water partition coefficient (Wildman–Crippen LogP) is 4.32. The minimum atomic E-state index is -1.73. The molecule has 0 radical (unpaired) electrons. The number of rotatable bonds is 4. The van der Waals surface area contributed by atoms with E-state index in [1.54, 1.807) is 13.0 Å². The number of thiazole rings is 1. The molecule has 0 bridgehead atoms. The van der Waals surface area contributed by atoms with E-state index in [1.165, 1.54) is 0 Å². The maximum atomic E-state index is 13.7. The highest BCUT2D eigenvalue weighted by Gasteiger charge is 2.21. The van der Waals surface area contributed by atoms with Gasteiger partial charge in [0.2, 0.25) is 11.8 Å². The second-order valence-electron chi connectivity index (χ2n) is 6.69. The summed E-state index contributed by atoms with van der Waals surface area (Å²) in [5.74, 6) is -6.03. The topological polar surface area (TPSA) is 83.7 Å². The van der Waals surface area contributed by atoms with E-state index in [-0.39, 0.29) is 4.88 Å². The lowest BCUT2D eigenvalue weighted by molar-refractivity contribution is -0.116. The third kappa shape index (κ3) is 3.77. The second-order valence-corrected chi connectivity index (χ2v) is 7.68. The number of allylic oxidation sites excluding steroid dienone is 1. The molecule has 4 rings (SSSR count). The highest BCUT2D eigenvalue weighted by molar-refractivity contribution is 7.10. The molecule has 0 atom stereocenters. The number of nitrogens with zero attached hydrogens (tertiary/aromatic N) is 2. The van der Waals surface area contributed by atoms with Crippen LogP contribution in [0.2, 0.25) is 0 Å². The molecule has 0 spiro atoms. The van der Waals surface area contributed by atoms with E-state index in [4.69, 9.17) is 0 Å². The number of amides is 1. The number of nitrogens with one attached hydrogen (secondary N) is 1. The SMILES string of the molecule is CC1=Nc2ccccc2/C1=C\c1sc(=O)n(CC(=O)Nc2ccc(F)c(F)c2F)c1O. The maximum absolute atomic E-state index is 13.7. The Morgan fingerprint density at radius 1 is 1.19 bits per heavy atom. The Bertz CT molecular complexity index is 1340. The van der Waals surface area contributed by atoms with Crippen LogP contribution in [0.3, 0.4) is 0 Å². The molecule has 158 valence electrons. The molecule has 2 aromatic carbocycles. The monoisotopic (exact) mass is 445 g/mol. The first-order valence-corrected chi connectivity index (χ1v) is 9.80. The van der Waals surface area contributed by atoms with Crippen molar-refractivity contribution in [2.45, 2.75) is 13.5 Å². The van der Waals surface area contributed by atoms with Crippen LogP contribution < -0.4 is 10.2 Å². The summed E-state index contributed by atoms with van der Waals surface area (Å²) >= 11 is 0.723. The third-order valence-electron chi connectivity index (χ3n) is 4.65. The van der Waals surface area contributed by atoms with Crippen molar-refractivity contribution < 1.29 is 23.1 Å². The molecule has 10 heteroatoms. The average molecular weight is 445 g/mol. The van der Waals surface area contributed by atoms with Crippen LogP contribution in [0.25, 0.3) is 11.6 Å². The Hall–Kier alpha value is -3.66. The number of anilines is 1. The molecule has 1 aromatic heterocycles. The molecule has 1 aliphatic heterocycles. The molecule has 3 aromatic rings. The normalized spacial score (nSPS) is 13.9. The molecule has 2 N–H and O–H groups in total. The predicted molar refractivity (Wildman–Crippen MR) is 112 cm³/mol. The fraction of sp³-hybridized carbons (Fsp3) is 0.0952. The van der Waals surface area contributed by atoms with Gasteiger partial charge in [-0.25, -0.2) is 13.2 Å². The number of carbonyl (C=O) groups excluding carboxylic acids is 1. The van der Waals surface area contributed by atoms with E-state index in [0.29, 0.717) is 11.8 Å². The molecular weight excluding hydrogens is 431 g/mol. The van der Waals surface area contributed by atoms with Crippen LogP contribution in [-0.4, -0.2) is 21.3 Å². The minimum Gasteiger partial charge on any atom is -0.493 e. The fourth-order valence-corrected chi connectivity index (χ4v) is 3.98. The molecule has 2 heterocycles. The number of aliphatic imine (C=N–C) groups is 1. The minimum absolute atomic E-state index is 0.220. The Morgan fingerprint density at radius 3 is 2.71 bits per heavy atom. The Morgan fingerprint density at radius 2 is 1.94 bits per heavy atom. The highest BCUT2D eigenvalue weighted by Crippen LogP contribution is 2.37. The Labute approximate surface area is 177 Å². The zero-order chi connectivity index (χ0) is 22.3. The number of carbonyl (C=O) groups is 1. The van der Waals surface area contributed by atoms with Crippen LogP contribution in [0.4, 0.5) is 24.5 Å². The lowest BCUT2D eigenvalue weighted by atomic mass is 10.0. The second kappa shape index (κ2) is 7.88. The molecule has 31 heavy (non-hydrogen) atoms. The number of aromatic nitrogens is 1. The summed E-state index contributed by atoms with van der Waals surface area (Å²) in [5.41, 5.74) is 2.47. The van der Waals surface area contributed by atoms with Gasteiger partial charge < -0.3 is 10.4 Å². The van der Waals surface area contributed by atoms with Crippen LogP contribution >= 0.6 is 11.3 Å². The standard InChI is InChI=1S/C21H14F3N3O3S/c1-10-12(11-4-2-3-5-14(11)25-10)8-16-20(29)27(21(30)31-16)9-17(28)26-15-7-6-13(22)18(23)19(15)24/h2-8,29H,9H2,1H3,(H,26,28)/b12-8-. The van der Waals surface area contributed by atoms with Crippen molar-refractivity contribution in [1.29, 1.82) is 0 Å². The van der Waals surface area contributed by atoms with Crippen LogP contribution in [0.5, 0.6) is 5.88 Å². The number of aromatic hydroxyl groups is 1. The van der Waals surface area contributed by atoms with Gasteiger partial charge in [0.25, 0.3) is 0 Å². The first-order valence-electron chi connectivity index (χ1n) is 8.99. The maximum Gasteiger partial charge on any atom is 0.311 e. The molecule has 0 saturated carbocycles. The van der Waals surface area contributed by atoms with Gasteiger partial charge in [0.15, 0.2) is 17.5 Å². The molecule has 0 fully saturated rings. The summed E-state index contributed by atoms with van der Waals surface area (Å²) in [7, 11) is 0. The van der Waals surface area contributed by atoms with Crippen LogP contribution in [0.1, 0.15) is 17.4 Å². The molecule has 1 aliphatic rings. The summed E-state index contributed by atoms with van der Waals surface area (Å²) < 4.78 is 40.9. The quantitative estimate of drug-likeness (QED) is 0.587. The first kappa shape index (κ1) is 20.6. The number of hydrogen-bond acceptors (Lipinski definition) is 5. The van der Waals surface area contributed by atoms with Crippen LogP contribution in [0.15, 0.2) is 46.2 Å². The molecule has 1 amide bonds. The summed E-state index contributed by atoms with van der Waals surface area (Å²) in [6.07, 6.45) is 1.61. The van der Waals surface area contributed by atoms with Crippen molar-refractivity contribution in [2.75, 3.05) is 5.32 Å². The van der Waals surface area contributed by atoms with Crippen molar-refractivity contribution in [2.24, 2.45) is 4.99 Å². The lowest BCUT2D eigenvalue weighted by Gasteiger charge is -2.08. The van der Waals surface area contributed by atoms with Gasteiger partial charge in [-0.15, -0.1) is 0 Å². The van der Waals surface area contributed by atoms with Gasteiger partial charge in [-0.1, -0.05) is 29.5 Å². The summed E-state index contributed by atoms with van der Waals surface area (Å²) in [5, 5.41) is 12.5. The smallest absolute Gasteiger partial charge is 0.311 e. The molecule has 0 saturated heterocycles. The van der Waals surface area contributed by atoms with Gasteiger partial charge in [0.05, 0.1) is 16.3 Å². The van der Waals surface area contributed by atoms with E-state index in [9.17, 15) is 27.9 Å². The van der Waals surface area contributed by atoms with Gasteiger partial charge in [0, 0.05) is 16.8 Å². The van der Waals surface area contributed by atoms with E-state index in [1.807, 2.05) is 24.3 Å². The zero-order valence-corrected chi connectivity index (χ0v) is 16.8. The van der Waals surface area contributed by atoms with Crippen LogP contribution in [-0.2, 0) is 11.3 Å². The van der Waals surface area contributed by atoms with E-state index < -0.39 is 46.3 Å². The molecule has 0 aliphatic carbocycles. The Kier molecular flexibility index (Phi) is 5.24. The van der Waals surface area contributed by atoms with Gasteiger partial charge in [-0.3, -0.25) is 19.1 Å². The van der Waals surface area contributed by atoms with Crippen molar-refractivity contribution >= 4 is 46.0 Å². The fourth-order valence-electron chi connectivity index (χ4n) is 3.15. The van der Waals surface area contributed by atoms with E-state index in [0.717, 1.165) is 38.8 Å². The lowest BCUT2D eigenvalue weighted by Crippen LogP contribution is -2.24. The third-order valence-corrected chi connectivity index (χ3v) is 5.57. The first-order chi connectivity index (χ1) is 14.8. The van der Waals surface area contributed by atoms with Gasteiger partial charge >= 0.3 is 4.87 Å². The molecule has 6 nitrogen and oxygen atoms in total. The van der Waals surface area contributed by atoms with Gasteiger partial charge in [0.1, 0.15) is 6.54 Å². The molecule has 0 unspecified atom stereocenters. The van der Waals surface area contributed by atoms with Crippen molar-refractivity contribution in [3.05, 3.63) is 74.0 Å². The van der Waals surface area contributed by atoms with E-state index >= 15 is 0 Å². The molecular formula is C21H14F3N3O3S. The summed E-state index contributed by atoms with van der Waals surface area (Å²) in [6, 6.07) is 8.92. The number of para-hydroxylation sites is 1. The Balaban J connectivity index is 1.60. The number of fused-ring (bicyclic) bond motifs is 1. The van der Waals surface area contributed by atoms with Gasteiger partial charge in [-0.05, 0) is 31.2 Å². The van der Waals surface area contributed by atoms with Crippen molar-refractivity contribution in [1.82, 2.24) is 4.57 Å². The zero-order valence-electron chi connectivity index (χ0n) is 15.9. The highest BCUT2D eigenvalue weighted by atomic mass is 32.1. The number of halogens is 3. The van der Waals surface area contributed by atoms with Gasteiger partial charge in [-0.2, -0.15) is 0 Å². The van der Waals surface area contributed by atoms with Crippen LogP contribution in [0, 0.1) is 17.5 Å². The average Bonchev–Trinajstić information content (AvgIpc) is 3.19. The number of hydrogen-bond donors (Lipinski definition) is 2. The number of benzene rings is 2. The van der Waals surface area contributed by atoms with Crippen molar-refractivity contribution in [3.8, 4) is 5.88 Å². The largest absolute Gasteiger partial charge is 0.493 e. The summed E-state index contributed by atoms with van der Waals surface area (Å²) in [4.78, 5) is 28.6. The van der Waals surface area contributed by atoms with Crippen molar-refractivity contribution in [3.63, 3.8) is 0 Å². The summed E-state index contributed by atoms with van der Waals surface area (Å²) in [6.45, 7) is 1.15. The van der Waals surface area contributed by atoms with E-state index in [2.05, 4.69) is 10.3 Å².